The van der Waals surface area contributed by atoms with E-state index in [1.54, 1.807) is 0 Å². The van der Waals surface area contributed by atoms with Gasteiger partial charge < -0.3 is 24.7 Å². The fourth-order valence-corrected chi connectivity index (χ4v) is 4.89. The molecule has 1 aliphatic rings. The fourth-order valence-electron chi connectivity index (χ4n) is 4.62. The molecule has 4 rings (SSSR count). The molecule has 0 radical (unpaired) electrons. The molecule has 7 nitrogen and oxygen atoms in total. The van der Waals surface area contributed by atoms with E-state index in [0.717, 1.165) is 73.7 Å². The first kappa shape index (κ1) is 26.1. The van der Waals surface area contributed by atoms with Gasteiger partial charge >= 0.3 is 0 Å². The van der Waals surface area contributed by atoms with Crippen molar-refractivity contribution in [3.8, 4) is 5.75 Å². The lowest BCUT2D eigenvalue weighted by Gasteiger charge is -2.29. The van der Waals surface area contributed by atoms with Crippen molar-refractivity contribution in [2.45, 2.75) is 33.7 Å². The van der Waals surface area contributed by atoms with Crippen LogP contribution in [0, 0.1) is 13.8 Å². The van der Waals surface area contributed by atoms with Crippen LogP contribution in [0.5, 0.6) is 5.75 Å². The highest BCUT2D eigenvalue weighted by Crippen LogP contribution is 2.20. The predicted molar refractivity (Wildman–Crippen MR) is 150 cm³/mol. The van der Waals surface area contributed by atoms with Gasteiger partial charge in [-0.05, 0) is 86.8 Å². The van der Waals surface area contributed by atoms with Gasteiger partial charge in [0.1, 0.15) is 5.75 Å². The molecule has 1 aromatic heterocycles. The number of H-pyrrole nitrogens is 1. The molecule has 1 saturated heterocycles. The number of nitrogens with one attached hydrogen (secondary N) is 2. The number of aryl methyl sites for hydroxylation is 2. The number of aromatic amines is 1. The van der Waals surface area contributed by atoms with Crippen LogP contribution in [0.4, 0.5) is 5.69 Å². The van der Waals surface area contributed by atoms with Gasteiger partial charge in [0.25, 0.3) is 5.56 Å². The fraction of sp³-hybridized carbons (Fsp3) is 0.429. The minimum absolute atomic E-state index is 0.0727. The Bertz CT molecular complexity index is 1240. The highest BCUT2D eigenvalue weighted by Gasteiger charge is 2.16. The van der Waals surface area contributed by atoms with Gasteiger partial charge in [0.2, 0.25) is 0 Å². The number of nitrogens with zero attached hydrogens (tertiary/aromatic N) is 2. The second-order valence-electron chi connectivity index (χ2n) is 9.29. The molecule has 0 bridgehead atoms. The largest absolute Gasteiger partial charge is 0.494 e. The number of ether oxygens (including phenoxy) is 2. The van der Waals surface area contributed by atoms with Gasteiger partial charge in [-0.15, -0.1) is 0 Å². The minimum Gasteiger partial charge on any atom is -0.494 e. The third kappa shape index (κ3) is 6.84. The maximum Gasteiger partial charge on any atom is 0.253 e. The van der Waals surface area contributed by atoms with Crippen LogP contribution in [0.3, 0.4) is 0 Å². The summed E-state index contributed by atoms with van der Waals surface area (Å²) in [5, 5.41) is 4.99. The maximum atomic E-state index is 13.0. The number of benzene rings is 2. The van der Waals surface area contributed by atoms with Crippen LogP contribution in [-0.4, -0.2) is 65.9 Å². The van der Waals surface area contributed by atoms with Crippen molar-refractivity contribution in [3.05, 3.63) is 69.5 Å². The number of thiocarbonyl (C=S) groups is 1. The number of rotatable bonds is 9. The Morgan fingerprint density at radius 1 is 1.17 bits per heavy atom. The molecule has 0 saturated carbocycles. The zero-order valence-corrected chi connectivity index (χ0v) is 22.2. The van der Waals surface area contributed by atoms with Gasteiger partial charge in [-0.2, -0.15) is 0 Å². The first-order valence-corrected chi connectivity index (χ1v) is 13.1. The Kier molecular flexibility index (Phi) is 8.96. The third-order valence-electron chi connectivity index (χ3n) is 6.44. The summed E-state index contributed by atoms with van der Waals surface area (Å²) in [4.78, 5) is 20.6. The lowest BCUT2D eigenvalue weighted by atomic mass is 10.1. The topological polar surface area (TPSA) is 69.8 Å². The van der Waals surface area contributed by atoms with Crippen molar-refractivity contribution in [1.82, 2.24) is 14.8 Å². The zero-order chi connectivity index (χ0) is 25.5. The Morgan fingerprint density at radius 3 is 2.64 bits per heavy atom. The average molecular weight is 509 g/mol. The van der Waals surface area contributed by atoms with E-state index in [-0.39, 0.29) is 5.56 Å². The first-order valence-electron chi connectivity index (χ1n) is 12.6. The third-order valence-corrected chi connectivity index (χ3v) is 6.80. The first-order chi connectivity index (χ1) is 17.4. The van der Waals surface area contributed by atoms with Crippen molar-refractivity contribution in [2.75, 3.05) is 51.3 Å². The van der Waals surface area contributed by atoms with E-state index in [4.69, 9.17) is 21.7 Å². The second kappa shape index (κ2) is 12.3. The summed E-state index contributed by atoms with van der Waals surface area (Å²) in [5.74, 6) is 0.824. The van der Waals surface area contributed by atoms with Crippen LogP contribution >= 0.6 is 12.2 Å². The molecule has 0 spiro atoms. The highest BCUT2D eigenvalue weighted by atomic mass is 32.1. The quantitative estimate of drug-likeness (QED) is 0.414. The number of pyridine rings is 1. The van der Waals surface area contributed by atoms with Crippen LogP contribution in [0.2, 0.25) is 0 Å². The zero-order valence-electron chi connectivity index (χ0n) is 21.4. The summed E-state index contributed by atoms with van der Waals surface area (Å²) in [6, 6.07) is 14.0. The Morgan fingerprint density at radius 2 is 1.92 bits per heavy atom. The van der Waals surface area contributed by atoms with Gasteiger partial charge in [0.05, 0.1) is 31.9 Å². The second-order valence-corrected chi connectivity index (χ2v) is 9.67. The molecule has 1 aliphatic heterocycles. The standard InChI is InChI=1S/C28H36N4O3S/c1-4-35-25-8-6-24(7-9-25)29-28(36)32(11-5-10-31-12-14-34-15-13-31)19-23-18-22-17-20(2)16-21(3)26(22)30-27(23)33/h6-9,16-18H,4-5,10-15,19H2,1-3H3,(H,29,36)(H,30,33). The molecule has 2 N–H and O–H groups in total. The minimum atomic E-state index is -0.0727. The van der Waals surface area contributed by atoms with E-state index in [2.05, 4.69) is 39.2 Å². The van der Waals surface area contributed by atoms with Crippen molar-refractivity contribution >= 4 is 33.9 Å². The molecule has 0 atom stereocenters. The van der Waals surface area contributed by atoms with E-state index in [1.807, 2.05) is 44.2 Å². The summed E-state index contributed by atoms with van der Waals surface area (Å²) in [6.07, 6.45) is 0.939. The molecular formula is C28H36N4O3S. The van der Waals surface area contributed by atoms with Gasteiger partial charge in [-0.3, -0.25) is 9.69 Å². The van der Waals surface area contributed by atoms with Crippen LogP contribution in [0.25, 0.3) is 10.9 Å². The van der Waals surface area contributed by atoms with Crippen LogP contribution in [-0.2, 0) is 11.3 Å². The number of hydrogen-bond donors (Lipinski definition) is 2. The van der Waals surface area contributed by atoms with Crippen molar-refractivity contribution in [2.24, 2.45) is 0 Å². The number of aromatic nitrogens is 1. The van der Waals surface area contributed by atoms with E-state index in [0.29, 0.717) is 23.8 Å². The Labute approximate surface area is 218 Å². The summed E-state index contributed by atoms with van der Waals surface area (Å²) < 4.78 is 11.0. The number of morpholine rings is 1. The molecule has 0 unspecified atom stereocenters. The SMILES string of the molecule is CCOc1ccc(NC(=S)N(CCCN2CCOCC2)Cc2cc3cc(C)cc(C)c3[nH]c2=O)cc1. The Hall–Kier alpha value is -2.94. The van der Waals surface area contributed by atoms with Crippen LogP contribution in [0.15, 0.2) is 47.3 Å². The number of hydrogen-bond acceptors (Lipinski definition) is 5. The number of anilines is 1. The van der Waals surface area contributed by atoms with Gasteiger partial charge in [0.15, 0.2) is 5.11 Å². The molecule has 36 heavy (non-hydrogen) atoms. The molecule has 2 aromatic carbocycles. The maximum absolute atomic E-state index is 13.0. The van der Waals surface area contributed by atoms with Crippen molar-refractivity contribution < 1.29 is 9.47 Å². The van der Waals surface area contributed by atoms with E-state index >= 15 is 0 Å². The van der Waals surface area contributed by atoms with E-state index in [1.165, 1.54) is 5.56 Å². The molecular weight excluding hydrogens is 472 g/mol. The normalized spacial score (nSPS) is 14.1. The van der Waals surface area contributed by atoms with Gasteiger partial charge in [-0.25, -0.2) is 0 Å². The summed E-state index contributed by atoms with van der Waals surface area (Å²) in [7, 11) is 0. The monoisotopic (exact) mass is 508 g/mol. The lowest BCUT2D eigenvalue weighted by Crippen LogP contribution is -2.40. The predicted octanol–water partition coefficient (Wildman–Crippen LogP) is 4.46. The molecule has 3 aromatic rings. The summed E-state index contributed by atoms with van der Waals surface area (Å²) in [5.41, 5.74) is 4.66. The van der Waals surface area contributed by atoms with Gasteiger partial charge in [-0.1, -0.05) is 11.6 Å². The average Bonchev–Trinajstić information content (AvgIpc) is 2.86. The van der Waals surface area contributed by atoms with Crippen molar-refractivity contribution in [1.29, 1.82) is 0 Å². The molecule has 0 aliphatic carbocycles. The molecule has 8 heteroatoms. The van der Waals surface area contributed by atoms with Gasteiger partial charge in [0, 0.05) is 37.4 Å². The summed E-state index contributed by atoms with van der Waals surface area (Å²) in [6.45, 7) is 12.3. The summed E-state index contributed by atoms with van der Waals surface area (Å²) >= 11 is 5.83. The number of fused-ring (bicyclic) bond motifs is 1. The molecule has 1 fully saturated rings. The lowest BCUT2D eigenvalue weighted by molar-refractivity contribution is 0.0367. The Balaban J connectivity index is 1.52. The molecule has 192 valence electrons. The molecule has 2 heterocycles. The van der Waals surface area contributed by atoms with Crippen LogP contribution < -0.4 is 15.6 Å². The highest BCUT2D eigenvalue weighted by molar-refractivity contribution is 7.80. The van der Waals surface area contributed by atoms with Crippen molar-refractivity contribution in [3.63, 3.8) is 0 Å². The van der Waals surface area contributed by atoms with E-state index in [9.17, 15) is 4.79 Å². The smallest absolute Gasteiger partial charge is 0.253 e. The molecule has 0 amide bonds. The van der Waals surface area contributed by atoms with E-state index < -0.39 is 0 Å². The van der Waals surface area contributed by atoms with Crippen LogP contribution in [0.1, 0.15) is 30.0 Å².